The van der Waals surface area contributed by atoms with E-state index in [2.05, 4.69) is 4.98 Å². The van der Waals surface area contributed by atoms with Gasteiger partial charge >= 0.3 is 0 Å². The third-order valence-corrected chi connectivity index (χ3v) is 5.02. The van der Waals surface area contributed by atoms with Crippen molar-refractivity contribution >= 4 is 5.78 Å². The quantitative estimate of drug-likeness (QED) is 0.854. The van der Waals surface area contributed by atoms with Gasteiger partial charge in [0.25, 0.3) is 5.88 Å². The number of Topliss-reactive ketones (excluding diaryl/α,β-unsaturated/α-hetero) is 1. The number of nitrogens with zero attached hydrogens (tertiary/aromatic N) is 1. The Kier molecular flexibility index (Phi) is 4.41. The number of carbonyl (C=O) groups excluding carboxylic acids is 1. The van der Waals surface area contributed by atoms with E-state index in [1.165, 1.54) is 0 Å². The zero-order valence-corrected chi connectivity index (χ0v) is 15.3. The predicted molar refractivity (Wildman–Crippen MR) is 94.8 cm³/mol. The predicted octanol–water partition coefficient (Wildman–Crippen LogP) is 3.29. The first-order valence-corrected chi connectivity index (χ1v) is 8.22. The number of aromatic nitrogens is 1. The summed E-state index contributed by atoms with van der Waals surface area (Å²) in [5.74, 6) is 1.53. The zero-order chi connectivity index (χ0) is 18.2. The highest BCUT2D eigenvalue weighted by Gasteiger charge is 2.43. The molecule has 3 rings (SSSR count). The number of hydrogen-bond donors (Lipinski definition) is 0. The first-order chi connectivity index (χ1) is 11.9. The fourth-order valence-corrected chi connectivity index (χ4v) is 3.64. The second-order valence-electron chi connectivity index (χ2n) is 6.71. The standard InChI is InChI=1S/C20H23NO4/c1-20(2)16-11-13(23-3)7-6-12(16)10-15(18(20)22)14-8-9-21-19(25-5)17(14)24-4/h6-9,11,15H,10H2,1-5H3. The zero-order valence-electron chi connectivity index (χ0n) is 15.3. The van der Waals surface area contributed by atoms with Crippen LogP contribution >= 0.6 is 0 Å². The maximum absolute atomic E-state index is 13.3. The maximum Gasteiger partial charge on any atom is 0.257 e. The molecule has 0 radical (unpaired) electrons. The van der Waals surface area contributed by atoms with E-state index in [1.54, 1.807) is 27.5 Å². The van der Waals surface area contributed by atoms with Crippen LogP contribution in [-0.4, -0.2) is 32.1 Å². The Balaban J connectivity index is 2.13. The van der Waals surface area contributed by atoms with Gasteiger partial charge in [-0.1, -0.05) is 6.07 Å². The van der Waals surface area contributed by atoms with Crippen molar-refractivity contribution in [2.75, 3.05) is 21.3 Å². The van der Waals surface area contributed by atoms with E-state index >= 15 is 0 Å². The van der Waals surface area contributed by atoms with Crippen LogP contribution in [0.1, 0.15) is 36.5 Å². The fourth-order valence-electron chi connectivity index (χ4n) is 3.64. The van der Waals surface area contributed by atoms with E-state index in [4.69, 9.17) is 14.2 Å². The Morgan fingerprint density at radius 2 is 1.84 bits per heavy atom. The largest absolute Gasteiger partial charge is 0.497 e. The minimum absolute atomic E-state index is 0.153. The third-order valence-electron chi connectivity index (χ3n) is 5.02. The number of benzene rings is 1. The molecule has 1 aliphatic carbocycles. The first kappa shape index (κ1) is 17.3. The van der Waals surface area contributed by atoms with Crippen molar-refractivity contribution in [3.8, 4) is 17.4 Å². The topological polar surface area (TPSA) is 57.7 Å². The second-order valence-corrected chi connectivity index (χ2v) is 6.71. The van der Waals surface area contributed by atoms with Gasteiger partial charge in [-0.25, -0.2) is 4.98 Å². The molecule has 0 bridgehead atoms. The molecule has 132 valence electrons. The number of rotatable bonds is 4. The molecule has 2 aromatic rings. The Hall–Kier alpha value is -2.56. The summed E-state index contributed by atoms with van der Waals surface area (Å²) in [6.07, 6.45) is 2.27. The first-order valence-electron chi connectivity index (χ1n) is 8.22. The van der Waals surface area contributed by atoms with Crippen LogP contribution in [0.15, 0.2) is 30.5 Å². The summed E-state index contributed by atoms with van der Waals surface area (Å²) in [4.78, 5) is 17.5. The molecule has 1 unspecified atom stereocenters. The monoisotopic (exact) mass is 341 g/mol. The molecule has 0 saturated heterocycles. The average Bonchev–Trinajstić information content (AvgIpc) is 2.63. The van der Waals surface area contributed by atoms with Gasteiger partial charge < -0.3 is 14.2 Å². The molecule has 0 amide bonds. The number of hydrogen-bond acceptors (Lipinski definition) is 5. The van der Waals surface area contributed by atoms with Crippen molar-refractivity contribution in [1.29, 1.82) is 0 Å². The SMILES string of the molecule is COc1ccc2c(c1)C(C)(C)C(=O)C(c1ccnc(OC)c1OC)C2. The number of carbonyl (C=O) groups is 1. The number of ketones is 1. The summed E-state index contributed by atoms with van der Waals surface area (Å²) < 4.78 is 16.1. The van der Waals surface area contributed by atoms with Gasteiger partial charge in [0.1, 0.15) is 5.75 Å². The van der Waals surface area contributed by atoms with E-state index in [-0.39, 0.29) is 11.7 Å². The summed E-state index contributed by atoms with van der Waals surface area (Å²) in [6.45, 7) is 3.93. The molecule has 0 N–H and O–H groups in total. The smallest absolute Gasteiger partial charge is 0.257 e. The Morgan fingerprint density at radius 1 is 1.08 bits per heavy atom. The number of fused-ring (bicyclic) bond motifs is 1. The van der Waals surface area contributed by atoms with Crippen LogP contribution in [0, 0.1) is 0 Å². The van der Waals surface area contributed by atoms with Gasteiger partial charge in [-0.3, -0.25) is 4.79 Å². The molecule has 0 spiro atoms. The normalized spacial score (nSPS) is 18.4. The third kappa shape index (κ3) is 2.73. The highest BCUT2D eigenvalue weighted by molar-refractivity contribution is 5.97. The number of ether oxygens (including phenoxy) is 3. The molecule has 0 fully saturated rings. The van der Waals surface area contributed by atoms with Crippen LogP contribution in [0.3, 0.4) is 0 Å². The van der Waals surface area contributed by atoms with Gasteiger partial charge in [0, 0.05) is 17.2 Å². The molecular weight excluding hydrogens is 318 g/mol. The molecule has 25 heavy (non-hydrogen) atoms. The highest BCUT2D eigenvalue weighted by Crippen LogP contribution is 2.45. The van der Waals surface area contributed by atoms with Crippen LogP contribution in [0.4, 0.5) is 0 Å². The molecule has 1 aliphatic rings. The summed E-state index contributed by atoms with van der Waals surface area (Å²) >= 11 is 0. The summed E-state index contributed by atoms with van der Waals surface area (Å²) in [5.41, 5.74) is 2.36. The molecule has 1 atom stereocenters. The fraction of sp³-hybridized carbons (Fsp3) is 0.400. The lowest BCUT2D eigenvalue weighted by atomic mass is 9.65. The summed E-state index contributed by atoms with van der Waals surface area (Å²) in [5, 5.41) is 0. The van der Waals surface area contributed by atoms with Crippen LogP contribution in [0.2, 0.25) is 0 Å². The van der Waals surface area contributed by atoms with Gasteiger partial charge in [-0.2, -0.15) is 0 Å². The average molecular weight is 341 g/mol. The Bertz CT molecular complexity index is 813. The molecule has 1 aromatic heterocycles. The molecule has 0 saturated carbocycles. The van der Waals surface area contributed by atoms with Crippen molar-refractivity contribution < 1.29 is 19.0 Å². The maximum atomic E-state index is 13.3. The Morgan fingerprint density at radius 3 is 2.48 bits per heavy atom. The van der Waals surface area contributed by atoms with Crippen molar-refractivity contribution in [2.45, 2.75) is 31.6 Å². The van der Waals surface area contributed by atoms with Gasteiger partial charge in [0.05, 0.1) is 27.2 Å². The van der Waals surface area contributed by atoms with Gasteiger partial charge in [0.15, 0.2) is 11.5 Å². The van der Waals surface area contributed by atoms with Gasteiger partial charge in [-0.15, -0.1) is 0 Å². The minimum Gasteiger partial charge on any atom is -0.497 e. The summed E-state index contributed by atoms with van der Waals surface area (Å²) in [7, 11) is 4.75. The molecule has 1 heterocycles. The molecule has 1 aromatic carbocycles. The van der Waals surface area contributed by atoms with Crippen LogP contribution < -0.4 is 14.2 Å². The summed E-state index contributed by atoms with van der Waals surface area (Å²) in [6, 6.07) is 7.79. The molecular formula is C20H23NO4. The minimum atomic E-state index is -0.617. The van der Waals surface area contributed by atoms with E-state index in [0.717, 1.165) is 22.4 Å². The van der Waals surface area contributed by atoms with Crippen molar-refractivity contribution in [2.24, 2.45) is 0 Å². The lowest BCUT2D eigenvalue weighted by Gasteiger charge is -2.36. The van der Waals surface area contributed by atoms with E-state index in [1.807, 2.05) is 38.1 Å². The van der Waals surface area contributed by atoms with Crippen molar-refractivity contribution in [1.82, 2.24) is 4.98 Å². The lowest BCUT2D eigenvalue weighted by molar-refractivity contribution is -0.125. The highest BCUT2D eigenvalue weighted by atomic mass is 16.5. The molecule has 5 nitrogen and oxygen atoms in total. The Labute approximate surface area is 147 Å². The van der Waals surface area contributed by atoms with Crippen molar-refractivity contribution in [3.05, 3.63) is 47.2 Å². The second kappa shape index (κ2) is 6.39. The number of pyridine rings is 1. The molecule has 5 heteroatoms. The van der Waals surface area contributed by atoms with Crippen molar-refractivity contribution in [3.63, 3.8) is 0 Å². The van der Waals surface area contributed by atoms with E-state index < -0.39 is 5.41 Å². The van der Waals surface area contributed by atoms with Gasteiger partial charge in [-0.05, 0) is 49.6 Å². The molecule has 0 aliphatic heterocycles. The van der Waals surface area contributed by atoms with Crippen LogP contribution in [0.5, 0.6) is 17.4 Å². The van der Waals surface area contributed by atoms with Crippen LogP contribution in [0.25, 0.3) is 0 Å². The van der Waals surface area contributed by atoms with E-state index in [0.29, 0.717) is 18.1 Å². The van der Waals surface area contributed by atoms with Crippen LogP contribution in [-0.2, 0) is 16.6 Å². The number of methoxy groups -OCH3 is 3. The van der Waals surface area contributed by atoms with Gasteiger partial charge in [0.2, 0.25) is 0 Å². The lowest BCUT2D eigenvalue weighted by Crippen LogP contribution is -2.39. The van der Waals surface area contributed by atoms with E-state index in [9.17, 15) is 4.79 Å².